The molecule has 0 spiro atoms. The van der Waals surface area contributed by atoms with E-state index in [1.54, 1.807) is 0 Å². The highest BCUT2D eigenvalue weighted by Gasteiger charge is 2.48. The highest BCUT2D eigenvalue weighted by Crippen LogP contribution is 2.45. The Hall–Kier alpha value is -2.62. The number of rotatable bonds is 4. The molecule has 4 heteroatoms. The number of hydrogen-bond acceptors (Lipinski definition) is 2. The largest absolute Gasteiger partial charge is 0.341 e. The fourth-order valence-electron chi connectivity index (χ4n) is 4.47. The van der Waals surface area contributed by atoms with Crippen molar-refractivity contribution in [2.45, 2.75) is 44.4 Å². The van der Waals surface area contributed by atoms with Crippen LogP contribution in [-0.2, 0) is 15.0 Å². The molecule has 1 heterocycles. The Bertz CT molecular complexity index is 841. The first-order valence-electron chi connectivity index (χ1n) is 10.3. The lowest BCUT2D eigenvalue weighted by Crippen LogP contribution is -2.54. The molecule has 2 amide bonds. The molecule has 0 radical (unpaired) electrons. The van der Waals surface area contributed by atoms with Gasteiger partial charge in [0.15, 0.2) is 0 Å². The molecule has 2 aromatic carbocycles. The molecule has 1 unspecified atom stereocenters. The monoisotopic (exact) mass is 376 g/mol. The van der Waals surface area contributed by atoms with E-state index in [9.17, 15) is 9.59 Å². The molecule has 4 rings (SSSR count). The lowest BCUT2D eigenvalue weighted by atomic mass is 9.63. The zero-order valence-electron chi connectivity index (χ0n) is 16.5. The van der Waals surface area contributed by atoms with Crippen LogP contribution in [0.5, 0.6) is 0 Å². The summed E-state index contributed by atoms with van der Waals surface area (Å²) in [4.78, 5) is 28.2. The van der Waals surface area contributed by atoms with E-state index in [-0.39, 0.29) is 23.1 Å². The van der Waals surface area contributed by atoms with Gasteiger partial charge in [0.05, 0.1) is 11.3 Å². The Morgan fingerprint density at radius 3 is 2.36 bits per heavy atom. The number of carbonyl (C=O) groups excluding carboxylic acids is 2. The molecule has 2 aliphatic rings. The first-order chi connectivity index (χ1) is 13.6. The SMILES string of the molecule is Cc1ccc(C2(C(=O)N3CCCC(C(=O)Nc4ccccc4)C3)CCC2)cc1. The van der Waals surface area contributed by atoms with Crippen LogP contribution >= 0.6 is 0 Å². The Kier molecular flexibility index (Phi) is 5.21. The zero-order valence-corrected chi connectivity index (χ0v) is 16.5. The number of piperidine rings is 1. The lowest BCUT2D eigenvalue weighted by Gasteiger charge is -2.45. The van der Waals surface area contributed by atoms with Crippen LogP contribution in [0.3, 0.4) is 0 Å². The van der Waals surface area contributed by atoms with Gasteiger partial charge in [-0.1, -0.05) is 54.4 Å². The van der Waals surface area contributed by atoms with Gasteiger partial charge in [-0.05, 0) is 50.3 Å². The van der Waals surface area contributed by atoms with Crippen LogP contribution in [0.15, 0.2) is 54.6 Å². The van der Waals surface area contributed by atoms with Crippen molar-refractivity contribution in [2.24, 2.45) is 5.92 Å². The zero-order chi connectivity index (χ0) is 19.6. The first-order valence-corrected chi connectivity index (χ1v) is 10.3. The third-order valence-corrected chi connectivity index (χ3v) is 6.34. The van der Waals surface area contributed by atoms with Crippen LogP contribution in [0.2, 0.25) is 0 Å². The summed E-state index contributed by atoms with van der Waals surface area (Å²) in [6.07, 6.45) is 4.62. The van der Waals surface area contributed by atoms with Crippen LogP contribution in [0, 0.1) is 12.8 Å². The number of anilines is 1. The van der Waals surface area contributed by atoms with Crippen molar-refractivity contribution < 1.29 is 9.59 Å². The van der Waals surface area contributed by atoms with Gasteiger partial charge in [-0.3, -0.25) is 9.59 Å². The van der Waals surface area contributed by atoms with Crippen LogP contribution < -0.4 is 5.32 Å². The normalized spacial score (nSPS) is 20.9. The van der Waals surface area contributed by atoms with Crippen molar-refractivity contribution in [1.29, 1.82) is 0 Å². The Morgan fingerprint density at radius 2 is 1.71 bits per heavy atom. The van der Waals surface area contributed by atoms with E-state index in [1.807, 2.05) is 35.2 Å². The molecule has 1 aliphatic heterocycles. The summed E-state index contributed by atoms with van der Waals surface area (Å²) in [5.41, 5.74) is 2.77. The number of hydrogen-bond donors (Lipinski definition) is 1. The van der Waals surface area contributed by atoms with E-state index in [4.69, 9.17) is 0 Å². The minimum Gasteiger partial charge on any atom is -0.341 e. The molecule has 0 bridgehead atoms. The van der Waals surface area contributed by atoms with Crippen LogP contribution in [0.25, 0.3) is 0 Å². The van der Waals surface area contributed by atoms with Gasteiger partial charge in [-0.2, -0.15) is 0 Å². The number of nitrogens with zero attached hydrogens (tertiary/aromatic N) is 1. The number of carbonyl (C=O) groups is 2. The fraction of sp³-hybridized carbons (Fsp3) is 0.417. The molecule has 2 fully saturated rings. The molecule has 4 nitrogen and oxygen atoms in total. The van der Waals surface area contributed by atoms with Crippen molar-refractivity contribution in [1.82, 2.24) is 4.90 Å². The maximum atomic E-state index is 13.5. The summed E-state index contributed by atoms with van der Waals surface area (Å²) in [6.45, 7) is 3.34. The molecule has 1 saturated carbocycles. The van der Waals surface area contributed by atoms with E-state index in [0.717, 1.165) is 49.9 Å². The van der Waals surface area contributed by atoms with E-state index in [0.29, 0.717) is 6.54 Å². The van der Waals surface area contributed by atoms with Crippen molar-refractivity contribution in [3.63, 3.8) is 0 Å². The second-order valence-corrected chi connectivity index (χ2v) is 8.25. The summed E-state index contributed by atoms with van der Waals surface area (Å²) in [5.74, 6) is 0.0783. The highest BCUT2D eigenvalue weighted by molar-refractivity contribution is 5.94. The van der Waals surface area contributed by atoms with Gasteiger partial charge in [0, 0.05) is 18.8 Å². The average Bonchev–Trinajstić information content (AvgIpc) is 2.69. The number of nitrogens with one attached hydrogen (secondary N) is 1. The molecule has 1 N–H and O–H groups in total. The van der Waals surface area contributed by atoms with Gasteiger partial charge in [-0.15, -0.1) is 0 Å². The Morgan fingerprint density at radius 1 is 1.00 bits per heavy atom. The minimum absolute atomic E-state index is 0.0155. The maximum absolute atomic E-state index is 13.5. The summed E-state index contributed by atoms with van der Waals surface area (Å²) in [7, 11) is 0. The van der Waals surface area contributed by atoms with Gasteiger partial charge in [0.25, 0.3) is 0 Å². The molecule has 1 atom stereocenters. The number of para-hydroxylation sites is 1. The lowest BCUT2D eigenvalue weighted by molar-refractivity contribution is -0.143. The van der Waals surface area contributed by atoms with Gasteiger partial charge >= 0.3 is 0 Å². The van der Waals surface area contributed by atoms with E-state index in [2.05, 4.69) is 36.5 Å². The number of amides is 2. The third kappa shape index (κ3) is 3.56. The highest BCUT2D eigenvalue weighted by atomic mass is 16.2. The third-order valence-electron chi connectivity index (χ3n) is 6.34. The maximum Gasteiger partial charge on any atom is 0.233 e. The topological polar surface area (TPSA) is 49.4 Å². The standard InChI is InChI=1S/C24H28N2O2/c1-18-10-12-20(13-11-18)24(14-6-15-24)23(28)26-16-5-7-19(17-26)22(27)25-21-8-3-2-4-9-21/h2-4,8-13,19H,5-7,14-17H2,1H3,(H,25,27). The Balaban J connectivity index is 1.47. The second kappa shape index (κ2) is 7.78. The average molecular weight is 377 g/mol. The summed E-state index contributed by atoms with van der Waals surface area (Å²) in [6, 6.07) is 17.9. The van der Waals surface area contributed by atoms with Crippen molar-refractivity contribution in [2.75, 3.05) is 18.4 Å². The first kappa shape index (κ1) is 18.7. The van der Waals surface area contributed by atoms with Gasteiger partial charge in [0.1, 0.15) is 0 Å². The van der Waals surface area contributed by atoms with Gasteiger partial charge in [-0.25, -0.2) is 0 Å². The molecular weight excluding hydrogens is 348 g/mol. The fourth-order valence-corrected chi connectivity index (χ4v) is 4.47. The molecule has 28 heavy (non-hydrogen) atoms. The number of aryl methyl sites for hydroxylation is 1. The predicted octanol–water partition coefficient (Wildman–Crippen LogP) is 4.29. The second-order valence-electron chi connectivity index (χ2n) is 8.25. The van der Waals surface area contributed by atoms with E-state index >= 15 is 0 Å². The van der Waals surface area contributed by atoms with Crippen LogP contribution in [0.1, 0.15) is 43.2 Å². The summed E-state index contributed by atoms with van der Waals surface area (Å²) in [5, 5.41) is 3.00. The Labute approximate surface area is 166 Å². The smallest absolute Gasteiger partial charge is 0.233 e. The summed E-state index contributed by atoms with van der Waals surface area (Å²) < 4.78 is 0. The van der Waals surface area contributed by atoms with Crippen molar-refractivity contribution >= 4 is 17.5 Å². The van der Waals surface area contributed by atoms with Crippen LogP contribution in [-0.4, -0.2) is 29.8 Å². The minimum atomic E-state index is -0.383. The summed E-state index contributed by atoms with van der Waals surface area (Å²) >= 11 is 0. The van der Waals surface area contributed by atoms with Gasteiger partial charge < -0.3 is 10.2 Å². The number of benzene rings is 2. The van der Waals surface area contributed by atoms with Gasteiger partial charge in [0.2, 0.25) is 11.8 Å². The van der Waals surface area contributed by atoms with Crippen molar-refractivity contribution in [3.8, 4) is 0 Å². The molecule has 1 saturated heterocycles. The van der Waals surface area contributed by atoms with Crippen molar-refractivity contribution in [3.05, 3.63) is 65.7 Å². The quantitative estimate of drug-likeness (QED) is 0.865. The number of likely N-dealkylation sites (tertiary alicyclic amines) is 1. The van der Waals surface area contributed by atoms with E-state index < -0.39 is 0 Å². The molecule has 146 valence electrons. The molecule has 2 aromatic rings. The molecule has 0 aromatic heterocycles. The molecular formula is C24H28N2O2. The predicted molar refractivity (Wildman–Crippen MR) is 111 cm³/mol. The van der Waals surface area contributed by atoms with Crippen LogP contribution in [0.4, 0.5) is 5.69 Å². The molecule has 1 aliphatic carbocycles. The van der Waals surface area contributed by atoms with E-state index in [1.165, 1.54) is 5.56 Å².